The van der Waals surface area contributed by atoms with Gasteiger partial charge in [-0.3, -0.25) is 43.0 Å². The first-order valence-electron chi connectivity index (χ1n) is 18.3. The number of hydrogen-bond donors (Lipinski definition) is 14. The Bertz CT molecular complexity index is 2180. The highest BCUT2D eigenvalue weighted by Gasteiger charge is 2.36. The average Bonchev–Trinajstić information content (AvgIpc) is 3.17. The van der Waals surface area contributed by atoms with Gasteiger partial charge in [0.15, 0.2) is 0 Å². The van der Waals surface area contributed by atoms with Gasteiger partial charge in [0.1, 0.15) is 54.1 Å². The van der Waals surface area contributed by atoms with E-state index in [0.717, 1.165) is 6.92 Å². The molecule has 1 aliphatic heterocycles. The fraction of sp³-hybridized carbons (Fsp3) is 0.500. The van der Waals surface area contributed by atoms with Gasteiger partial charge in [0.05, 0.1) is 18.7 Å². The zero-order valence-corrected chi connectivity index (χ0v) is 33.4. The third kappa shape index (κ3) is 14.8. The summed E-state index contributed by atoms with van der Waals surface area (Å²) in [5, 5.41) is 85.0. The van der Waals surface area contributed by atoms with Crippen LogP contribution >= 0.6 is 7.82 Å². The van der Waals surface area contributed by atoms with Gasteiger partial charge < -0.3 is 66.6 Å². The Hall–Kier alpha value is -6.22. The van der Waals surface area contributed by atoms with E-state index in [-0.39, 0.29) is 29.2 Å². The number of carboxylic acid groups (broad SMARTS) is 4. The summed E-state index contributed by atoms with van der Waals surface area (Å²) in [6.45, 7) is -0.927. The molecule has 0 saturated carbocycles. The third-order valence-corrected chi connectivity index (χ3v) is 10.1. The maximum atomic E-state index is 12.7. The lowest BCUT2D eigenvalue weighted by Gasteiger charge is -2.35. The number of carbonyl (C=O) groups excluding carboxylic acids is 3. The quantitative estimate of drug-likeness (QED) is 0.0431. The monoisotopic (exact) mass is 904 g/mol. The highest BCUT2D eigenvalue weighted by Crippen LogP contribution is 2.45. The second kappa shape index (κ2) is 22.0. The number of phenols is 1. The summed E-state index contributed by atoms with van der Waals surface area (Å²) in [6, 6.07) is -1.10. The number of carboxylic acids is 4. The van der Waals surface area contributed by atoms with Crippen molar-refractivity contribution in [2.75, 3.05) is 18.1 Å². The molecule has 27 nitrogen and oxygen atoms in total. The van der Waals surface area contributed by atoms with Crippen molar-refractivity contribution in [3.63, 3.8) is 0 Å². The minimum Gasteiger partial charge on any atom is -0.508 e. The first-order valence-corrected chi connectivity index (χ1v) is 19.8. The number of nitrogens with zero attached hydrogens (tertiary/aromatic N) is 1. The summed E-state index contributed by atoms with van der Waals surface area (Å²) in [5.74, 6) is -9.85. The number of phenolic OH excluding ortho intramolecular Hbond substituents is 1. The largest absolute Gasteiger partial charge is 0.508 e. The Labute approximate surface area is 347 Å². The van der Waals surface area contributed by atoms with Gasteiger partial charge in [-0.25, -0.2) is 23.7 Å². The number of aromatic nitrogens is 2. The highest BCUT2D eigenvalue weighted by molar-refractivity contribution is 7.47. The van der Waals surface area contributed by atoms with E-state index < -0.39 is 155 Å². The van der Waals surface area contributed by atoms with E-state index in [1.165, 1.54) is 23.1 Å². The average molecular weight is 905 g/mol. The van der Waals surface area contributed by atoms with Gasteiger partial charge in [-0.15, -0.1) is 0 Å². The minimum absolute atomic E-state index is 0.0149. The Morgan fingerprint density at radius 2 is 1.34 bits per heavy atom. The molecule has 342 valence electrons. The van der Waals surface area contributed by atoms with Gasteiger partial charge >= 0.3 is 37.4 Å². The van der Waals surface area contributed by atoms with E-state index in [9.17, 15) is 83.2 Å². The van der Waals surface area contributed by atoms with Crippen LogP contribution in [0, 0.1) is 0 Å². The lowest BCUT2D eigenvalue weighted by molar-refractivity contribution is -0.144. The van der Waals surface area contributed by atoms with Gasteiger partial charge in [0.25, 0.3) is 5.56 Å². The Morgan fingerprint density at radius 1 is 0.806 bits per heavy atom. The molecule has 8 atom stereocenters. The van der Waals surface area contributed by atoms with Crippen molar-refractivity contribution in [1.29, 1.82) is 0 Å². The van der Waals surface area contributed by atoms with Gasteiger partial charge in [-0.05, 0) is 37.8 Å². The van der Waals surface area contributed by atoms with Crippen molar-refractivity contribution >= 4 is 60.9 Å². The molecule has 0 aliphatic carbocycles. The predicted molar refractivity (Wildman–Crippen MR) is 204 cm³/mol. The molecule has 1 aliphatic rings. The second-order valence-electron chi connectivity index (χ2n) is 13.8. The number of H-pyrrole nitrogens is 2. The van der Waals surface area contributed by atoms with Crippen LogP contribution in [0.25, 0.3) is 0 Å². The lowest BCUT2D eigenvalue weighted by atomic mass is 9.97. The van der Waals surface area contributed by atoms with Gasteiger partial charge in [0.2, 0.25) is 17.7 Å². The number of aliphatic hydroxyl groups excluding tert-OH is 3. The fourth-order valence-corrected chi connectivity index (χ4v) is 6.76. The number of aliphatic hydroxyl groups is 3. The van der Waals surface area contributed by atoms with Crippen LogP contribution in [0.5, 0.6) is 5.75 Å². The summed E-state index contributed by atoms with van der Waals surface area (Å²) in [7, 11) is -5.30. The van der Waals surface area contributed by atoms with Gasteiger partial charge in [-0.1, -0.05) is 6.07 Å². The molecular formula is C34H45N6O21P. The predicted octanol–water partition coefficient (Wildman–Crippen LogP) is -3.45. The van der Waals surface area contributed by atoms with Crippen molar-refractivity contribution in [3.05, 3.63) is 50.2 Å². The molecule has 3 amide bonds. The molecule has 0 bridgehead atoms. The zero-order chi connectivity index (χ0) is 46.6. The summed E-state index contributed by atoms with van der Waals surface area (Å²) in [5.41, 5.74) is -0.894. The molecule has 62 heavy (non-hydrogen) atoms. The topological polar surface area (TPSA) is 442 Å². The number of aliphatic carboxylic acids is 4. The smallest absolute Gasteiger partial charge is 0.473 e. The SMILES string of the molecule is C[C@H](OP(=O)(O)OC[C@@H](O)[C@@H](O)[C@@H](O)CN1c2cc(O)ccc2Cc2c1[nH]c(=O)[nH]c2=O)C(=O)N[C@@H](CCC(=O)N[C@@H](CCC(=O)N[C@@H](CCC(=O)O)C(=O)O)C(=O)O)C(=O)O. The van der Waals surface area contributed by atoms with Crippen LogP contribution in [-0.4, -0.2) is 153 Å². The number of amides is 3. The number of aromatic amines is 2. The number of nitrogens with one attached hydrogen (secondary N) is 5. The van der Waals surface area contributed by atoms with Gasteiger partial charge in [0, 0.05) is 37.4 Å². The van der Waals surface area contributed by atoms with E-state index in [2.05, 4.69) is 14.5 Å². The van der Waals surface area contributed by atoms with Crippen LogP contribution in [0.2, 0.25) is 0 Å². The van der Waals surface area contributed by atoms with Crippen molar-refractivity contribution in [1.82, 2.24) is 25.9 Å². The number of anilines is 2. The highest BCUT2D eigenvalue weighted by atomic mass is 31.2. The molecule has 3 rings (SSSR count). The minimum atomic E-state index is -5.30. The van der Waals surface area contributed by atoms with E-state index in [1.807, 2.05) is 16.0 Å². The number of β-amino-alcohol motifs (C(OH)–C–C–N with tert-alkyl or cyclic N) is 1. The summed E-state index contributed by atoms with van der Waals surface area (Å²) in [4.78, 5) is 123. The molecule has 1 unspecified atom stereocenters. The maximum absolute atomic E-state index is 12.7. The number of hydrogen-bond acceptors (Lipinski definition) is 17. The molecule has 2 heterocycles. The van der Waals surface area contributed by atoms with Crippen LogP contribution in [0.1, 0.15) is 56.6 Å². The number of benzene rings is 1. The first kappa shape index (κ1) is 50.1. The molecule has 14 N–H and O–H groups in total. The number of phosphoric acid groups is 1. The van der Waals surface area contributed by atoms with Crippen molar-refractivity contribution in [2.24, 2.45) is 0 Å². The van der Waals surface area contributed by atoms with Crippen LogP contribution in [0.4, 0.5) is 11.5 Å². The zero-order valence-electron chi connectivity index (χ0n) is 32.5. The number of rotatable bonds is 25. The molecular weight excluding hydrogens is 859 g/mol. The van der Waals surface area contributed by atoms with E-state index in [0.29, 0.717) is 5.56 Å². The third-order valence-electron chi connectivity index (χ3n) is 9.09. The molecule has 1 aromatic heterocycles. The van der Waals surface area contributed by atoms with Crippen LogP contribution in [0.15, 0.2) is 27.8 Å². The summed E-state index contributed by atoms with van der Waals surface area (Å²) >= 11 is 0. The molecule has 28 heteroatoms. The maximum Gasteiger partial charge on any atom is 0.473 e. The number of carbonyl (C=O) groups is 7. The van der Waals surface area contributed by atoms with Crippen molar-refractivity contribution in [2.45, 2.75) is 94.4 Å². The Morgan fingerprint density at radius 3 is 1.87 bits per heavy atom. The molecule has 0 spiro atoms. The van der Waals surface area contributed by atoms with E-state index in [4.69, 9.17) is 14.7 Å². The molecule has 0 saturated heterocycles. The first-order chi connectivity index (χ1) is 28.9. The molecule has 1 aromatic carbocycles. The molecule has 0 fully saturated rings. The Kier molecular flexibility index (Phi) is 17.8. The van der Waals surface area contributed by atoms with Crippen LogP contribution in [0.3, 0.4) is 0 Å². The number of phosphoric ester groups is 1. The molecule has 0 radical (unpaired) electrons. The Balaban J connectivity index is 1.52. The standard InChI is InChI=1S/C34H45N6O21P/c1-14(29(49)37-20(33(55)56)5-8-25(45)35-18(31(51)52)4-7-24(44)36-19(32(53)54)6-9-26(46)47)61-62(58,59)60-13-23(43)27(48)22(42)12-40-21-11-16(41)3-2-15(21)10-17-28(40)38-34(57)39-30(17)50/h2-3,11,14,18-20,22-23,27,41-43,48H,4-10,12-13H2,1H3,(H,35,45)(H,36,44)(H,37,49)(H,46,47)(H,51,52)(H,53,54)(H,55,56)(H,58,59)(H2,38,39,50,57)/t14-,18-,19-,20-,22-,23+,27-/m0/s1. The lowest BCUT2D eigenvalue weighted by Crippen LogP contribution is -2.47. The fourth-order valence-electron chi connectivity index (χ4n) is 5.86. The van der Waals surface area contributed by atoms with Gasteiger partial charge in [-0.2, -0.15) is 0 Å². The van der Waals surface area contributed by atoms with Crippen molar-refractivity contribution in [3.8, 4) is 5.75 Å². The van der Waals surface area contributed by atoms with E-state index in [1.54, 1.807) is 0 Å². The summed E-state index contributed by atoms with van der Waals surface area (Å²) < 4.78 is 22.0. The summed E-state index contributed by atoms with van der Waals surface area (Å²) in [6.07, 6.45) is -11.7. The number of aromatic hydroxyl groups is 1. The van der Waals surface area contributed by atoms with Crippen molar-refractivity contribution < 1.29 is 92.9 Å². The van der Waals surface area contributed by atoms with E-state index >= 15 is 0 Å². The molecule has 2 aromatic rings. The van der Waals surface area contributed by atoms with Crippen LogP contribution in [-0.2, 0) is 53.6 Å². The normalized spacial score (nSPS) is 16.4. The van der Waals surface area contributed by atoms with Crippen LogP contribution < -0.4 is 32.1 Å². The second-order valence-corrected chi connectivity index (χ2v) is 15.2. The number of fused-ring (bicyclic) bond motifs is 2.